The lowest BCUT2D eigenvalue weighted by atomic mass is 10.1. The van der Waals surface area contributed by atoms with Crippen molar-refractivity contribution in [2.45, 2.75) is 6.92 Å². The van der Waals surface area contributed by atoms with E-state index in [1.54, 1.807) is 42.1 Å². The third-order valence-electron chi connectivity index (χ3n) is 1.52. The van der Waals surface area contributed by atoms with Crippen molar-refractivity contribution in [3.63, 3.8) is 0 Å². The number of rotatable bonds is 2. The van der Waals surface area contributed by atoms with E-state index in [1.165, 1.54) is 6.07 Å². The molecule has 0 saturated carbocycles. The lowest BCUT2D eigenvalue weighted by molar-refractivity contribution is 0.0695. The number of hydrogen-bond donors (Lipinski definition) is 1. The van der Waals surface area contributed by atoms with E-state index < -0.39 is 5.97 Å². The standard InChI is InChI=1S/C8H7IO3/c1-5-3-2-4-6(8(10)11)7(5)12-9/h2-4H,1H3,(H,10,11). The van der Waals surface area contributed by atoms with Crippen LogP contribution in [0.4, 0.5) is 0 Å². The van der Waals surface area contributed by atoms with E-state index in [1.807, 2.05) is 0 Å². The number of para-hydroxylation sites is 1. The van der Waals surface area contributed by atoms with Crippen molar-refractivity contribution in [2.24, 2.45) is 0 Å². The highest BCUT2D eigenvalue weighted by Gasteiger charge is 2.12. The second-order valence-corrected chi connectivity index (χ2v) is 2.77. The fourth-order valence-electron chi connectivity index (χ4n) is 0.923. The molecule has 1 aromatic rings. The molecule has 0 radical (unpaired) electrons. The first-order chi connectivity index (χ1) is 5.66. The molecule has 3 nitrogen and oxygen atoms in total. The van der Waals surface area contributed by atoms with Gasteiger partial charge in [0, 0.05) is 0 Å². The van der Waals surface area contributed by atoms with Crippen LogP contribution in [0.25, 0.3) is 0 Å². The molecule has 12 heavy (non-hydrogen) atoms. The molecule has 0 aliphatic rings. The summed E-state index contributed by atoms with van der Waals surface area (Å²) in [5, 5.41) is 8.74. The lowest BCUT2D eigenvalue weighted by Crippen LogP contribution is -1.99. The van der Waals surface area contributed by atoms with Crippen molar-refractivity contribution in [1.29, 1.82) is 0 Å². The Morgan fingerprint density at radius 1 is 1.58 bits per heavy atom. The molecule has 0 aliphatic heterocycles. The predicted octanol–water partition coefficient (Wildman–Crippen LogP) is 2.42. The molecule has 0 unspecified atom stereocenters. The van der Waals surface area contributed by atoms with Crippen LogP contribution in [0.2, 0.25) is 0 Å². The highest BCUT2D eigenvalue weighted by atomic mass is 127. The highest BCUT2D eigenvalue weighted by Crippen LogP contribution is 2.24. The van der Waals surface area contributed by atoms with Crippen molar-refractivity contribution in [1.82, 2.24) is 0 Å². The molecule has 0 amide bonds. The van der Waals surface area contributed by atoms with E-state index in [0.717, 1.165) is 5.56 Å². The summed E-state index contributed by atoms with van der Waals surface area (Å²) in [6.45, 7) is 1.81. The van der Waals surface area contributed by atoms with Crippen molar-refractivity contribution in [2.75, 3.05) is 0 Å². The molecular formula is C8H7IO3. The topological polar surface area (TPSA) is 46.5 Å². The van der Waals surface area contributed by atoms with E-state index in [9.17, 15) is 4.79 Å². The smallest absolute Gasteiger partial charge is 0.339 e. The number of hydrogen-bond acceptors (Lipinski definition) is 2. The maximum atomic E-state index is 10.6. The second kappa shape index (κ2) is 3.75. The number of halogens is 1. The van der Waals surface area contributed by atoms with Gasteiger partial charge in [-0.25, -0.2) is 4.79 Å². The predicted molar refractivity (Wildman–Crippen MR) is 52.8 cm³/mol. The number of carboxylic acid groups (broad SMARTS) is 1. The molecule has 64 valence electrons. The molecule has 0 spiro atoms. The Balaban J connectivity index is 3.27. The molecule has 0 aromatic heterocycles. The largest absolute Gasteiger partial charge is 0.478 e. The van der Waals surface area contributed by atoms with Crippen molar-refractivity contribution in [3.8, 4) is 5.75 Å². The van der Waals surface area contributed by atoms with E-state index in [4.69, 9.17) is 8.17 Å². The third kappa shape index (κ3) is 1.69. The van der Waals surface area contributed by atoms with E-state index in [-0.39, 0.29) is 5.56 Å². The first-order valence-electron chi connectivity index (χ1n) is 3.28. The van der Waals surface area contributed by atoms with Crippen molar-refractivity contribution >= 4 is 29.0 Å². The number of carboxylic acids is 1. The average Bonchev–Trinajstić information content (AvgIpc) is 2.03. The lowest BCUT2D eigenvalue weighted by Gasteiger charge is -2.04. The van der Waals surface area contributed by atoms with Crippen LogP contribution >= 0.6 is 23.0 Å². The van der Waals surface area contributed by atoms with Crippen LogP contribution in [0.5, 0.6) is 5.75 Å². The summed E-state index contributed by atoms with van der Waals surface area (Å²) in [4.78, 5) is 10.6. The molecule has 1 rings (SSSR count). The Morgan fingerprint density at radius 2 is 2.25 bits per heavy atom. The van der Waals surface area contributed by atoms with E-state index in [2.05, 4.69) is 0 Å². The molecule has 1 N–H and O–H groups in total. The number of benzene rings is 1. The molecule has 0 aliphatic carbocycles. The normalized spacial score (nSPS) is 9.50. The third-order valence-corrected chi connectivity index (χ3v) is 1.96. The minimum atomic E-state index is -0.967. The molecule has 0 bridgehead atoms. The SMILES string of the molecule is Cc1cccc(C(=O)O)c1OI. The van der Waals surface area contributed by atoms with Gasteiger partial charge in [0.2, 0.25) is 0 Å². The fraction of sp³-hybridized carbons (Fsp3) is 0.125. The zero-order chi connectivity index (χ0) is 9.14. The van der Waals surface area contributed by atoms with Crippen molar-refractivity contribution in [3.05, 3.63) is 29.3 Å². The number of aromatic carboxylic acids is 1. The van der Waals surface area contributed by atoms with E-state index >= 15 is 0 Å². The van der Waals surface area contributed by atoms with Crippen LogP contribution in [0.1, 0.15) is 15.9 Å². The molecule has 0 atom stereocenters. The zero-order valence-electron chi connectivity index (χ0n) is 6.37. The first kappa shape index (κ1) is 9.31. The van der Waals surface area contributed by atoms with Gasteiger partial charge in [-0.3, -0.25) is 0 Å². The van der Waals surface area contributed by atoms with Crippen LogP contribution in [0.15, 0.2) is 18.2 Å². The quantitative estimate of drug-likeness (QED) is 0.845. The summed E-state index contributed by atoms with van der Waals surface area (Å²) in [7, 11) is 0. The summed E-state index contributed by atoms with van der Waals surface area (Å²) in [6.07, 6.45) is 0. The van der Waals surface area contributed by atoms with Crippen LogP contribution < -0.4 is 3.07 Å². The average molecular weight is 278 g/mol. The number of carbonyl (C=O) groups is 1. The molecule has 0 saturated heterocycles. The maximum absolute atomic E-state index is 10.6. The van der Waals surface area contributed by atoms with Crippen LogP contribution in [0, 0.1) is 6.92 Å². The van der Waals surface area contributed by atoms with Gasteiger partial charge in [-0.2, -0.15) is 0 Å². The minimum absolute atomic E-state index is 0.199. The van der Waals surface area contributed by atoms with Gasteiger partial charge in [0.25, 0.3) is 0 Å². The number of aryl methyl sites for hydroxylation is 1. The minimum Gasteiger partial charge on any atom is -0.478 e. The molecule has 0 heterocycles. The zero-order valence-corrected chi connectivity index (χ0v) is 8.53. The molecule has 4 heteroatoms. The van der Waals surface area contributed by atoms with Crippen LogP contribution in [-0.4, -0.2) is 11.1 Å². The van der Waals surface area contributed by atoms with Gasteiger partial charge in [0.1, 0.15) is 5.56 Å². The summed E-state index contributed by atoms with van der Waals surface area (Å²) in [5.74, 6) is -0.545. The first-order valence-corrected chi connectivity index (χ1v) is 4.16. The van der Waals surface area contributed by atoms with Gasteiger partial charge in [-0.05, 0) is 18.6 Å². The van der Waals surface area contributed by atoms with Gasteiger partial charge in [-0.15, -0.1) is 0 Å². The van der Waals surface area contributed by atoms with Gasteiger partial charge in [0.05, 0.1) is 0 Å². The maximum Gasteiger partial charge on any atom is 0.339 e. The van der Waals surface area contributed by atoms with Crippen LogP contribution in [-0.2, 0) is 0 Å². The summed E-state index contributed by atoms with van der Waals surface area (Å²) in [5.41, 5.74) is 1.02. The van der Waals surface area contributed by atoms with E-state index in [0.29, 0.717) is 5.75 Å². The summed E-state index contributed by atoms with van der Waals surface area (Å²) < 4.78 is 4.93. The van der Waals surface area contributed by atoms with Gasteiger partial charge >= 0.3 is 5.97 Å². The van der Waals surface area contributed by atoms with Gasteiger partial charge < -0.3 is 8.17 Å². The Morgan fingerprint density at radius 3 is 2.67 bits per heavy atom. The Labute approximate surface area is 84.0 Å². The Bertz CT molecular complexity index is 309. The second-order valence-electron chi connectivity index (χ2n) is 2.33. The Hall–Kier alpha value is -0.780. The molecule has 0 fully saturated rings. The summed E-state index contributed by atoms with van der Waals surface area (Å²) in [6, 6.07) is 5.02. The molecule has 1 aromatic carbocycles. The van der Waals surface area contributed by atoms with Gasteiger partial charge in [0.15, 0.2) is 28.8 Å². The summed E-state index contributed by atoms with van der Waals surface area (Å²) >= 11 is 1.67. The molecular weight excluding hydrogens is 271 g/mol. The highest BCUT2D eigenvalue weighted by molar-refractivity contribution is 14.1. The van der Waals surface area contributed by atoms with Crippen LogP contribution in [0.3, 0.4) is 0 Å². The van der Waals surface area contributed by atoms with Gasteiger partial charge in [-0.1, -0.05) is 12.1 Å². The monoisotopic (exact) mass is 278 g/mol. The Kier molecular flexibility index (Phi) is 2.91. The van der Waals surface area contributed by atoms with Crippen molar-refractivity contribution < 1.29 is 13.0 Å². The fourth-order valence-corrected chi connectivity index (χ4v) is 1.51.